The summed E-state index contributed by atoms with van der Waals surface area (Å²) in [6.45, 7) is 10.1. The lowest BCUT2D eigenvalue weighted by molar-refractivity contribution is -0.157. The number of nitrogens with one attached hydrogen (secondary N) is 2. The number of halogens is 6. The minimum Gasteiger partial charge on any atom is -0.460 e. The first-order valence-corrected chi connectivity index (χ1v) is 16.9. The van der Waals surface area contributed by atoms with Crippen LogP contribution in [-0.2, 0) is 19.1 Å². The Kier molecular flexibility index (Phi) is 12.3. The molecule has 0 saturated carbocycles. The highest BCUT2D eigenvalue weighted by Gasteiger charge is 2.33. The average molecular weight is 735 g/mol. The van der Waals surface area contributed by atoms with Crippen LogP contribution in [0.5, 0.6) is 0 Å². The van der Waals surface area contributed by atoms with Gasteiger partial charge >= 0.3 is 24.3 Å². The Hall–Kier alpha value is -4.62. The summed E-state index contributed by atoms with van der Waals surface area (Å²) in [7, 11) is 0. The largest absolute Gasteiger partial charge is 0.460 e. The molecule has 0 saturated heterocycles. The van der Waals surface area contributed by atoms with Crippen molar-refractivity contribution in [3.05, 3.63) is 72.6 Å². The van der Waals surface area contributed by atoms with E-state index in [1.54, 1.807) is 41.5 Å². The van der Waals surface area contributed by atoms with Crippen LogP contribution < -0.4 is 0 Å². The number of benzene rings is 2. The summed E-state index contributed by atoms with van der Waals surface area (Å²) < 4.78 is 89.1. The summed E-state index contributed by atoms with van der Waals surface area (Å²) in [6, 6.07) is 14.9. The van der Waals surface area contributed by atoms with Gasteiger partial charge in [0.05, 0.1) is 36.6 Å². The molecule has 0 aliphatic carbocycles. The summed E-state index contributed by atoms with van der Waals surface area (Å²) in [4.78, 5) is 39.7. The fraction of sp³-hybridized carbons (Fsp3) is 0.474. The first-order valence-electron chi connectivity index (χ1n) is 16.9. The van der Waals surface area contributed by atoms with E-state index in [1.165, 1.54) is 12.4 Å². The zero-order chi connectivity index (χ0) is 38.5. The van der Waals surface area contributed by atoms with Gasteiger partial charge < -0.3 is 19.4 Å². The second-order valence-electron chi connectivity index (χ2n) is 14.8. The number of nitrogens with zero attached hydrogens (tertiary/aromatic N) is 2. The van der Waals surface area contributed by atoms with Gasteiger partial charge in [-0.3, -0.25) is 9.59 Å². The maximum Gasteiger partial charge on any atom is 0.389 e. The zero-order valence-electron chi connectivity index (χ0n) is 30.0. The van der Waals surface area contributed by atoms with Crippen LogP contribution in [0.1, 0.15) is 104 Å². The van der Waals surface area contributed by atoms with Crippen LogP contribution in [-0.4, -0.2) is 55.4 Å². The standard InChI is InChI=1S/C38H44F6N4O4/c1-35(2,3)51-31(49)19-27(15-17-37(39,40)41)33-45-21-29(47-33)25-11-7-23(8-12-25)24-9-13-26(14-10-24)30-22-46-34(48-30)28(16-18-38(42,43)44)20-32(50)52-36(4,5)6/h7-14,21-22,27-28H,15-20H2,1-6H3,(H,45,47)(H,46,48). The molecule has 2 atom stereocenters. The summed E-state index contributed by atoms with van der Waals surface area (Å²) in [5.41, 5.74) is 2.82. The van der Waals surface area contributed by atoms with Crippen molar-refractivity contribution >= 4 is 11.9 Å². The van der Waals surface area contributed by atoms with Crippen molar-refractivity contribution in [2.75, 3.05) is 0 Å². The normalized spacial score (nSPS) is 13.8. The number of rotatable bonds is 13. The van der Waals surface area contributed by atoms with Gasteiger partial charge in [-0.2, -0.15) is 26.3 Å². The molecule has 8 nitrogen and oxygen atoms in total. The molecule has 2 aromatic heterocycles. The molecular formula is C38H44F6N4O4. The Morgan fingerprint density at radius 3 is 1.17 bits per heavy atom. The number of aromatic nitrogens is 4. The molecule has 0 aliphatic heterocycles. The minimum absolute atomic E-state index is 0.250. The third-order valence-electron chi connectivity index (χ3n) is 7.91. The van der Waals surface area contributed by atoms with Gasteiger partial charge in [0.1, 0.15) is 22.9 Å². The Morgan fingerprint density at radius 1 is 0.577 bits per heavy atom. The predicted octanol–water partition coefficient (Wildman–Crippen LogP) is 10.4. The molecule has 0 spiro atoms. The van der Waals surface area contributed by atoms with E-state index in [0.29, 0.717) is 11.4 Å². The smallest absolute Gasteiger partial charge is 0.389 e. The fourth-order valence-electron chi connectivity index (χ4n) is 5.58. The number of hydrogen-bond acceptors (Lipinski definition) is 6. The maximum absolute atomic E-state index is 13.1. The lowest BCUT2D eigenvalue weighted by atomic mass is 9.98. The summed E-state index contributed by atoms with van der Waals surface area (Å²) in [5.74, 6) is -2.31. The third-order valence-corrected chi connectivity index (χ3v) is 7.91. The van der Waals surface area contributed by atoms with Gasteiger partial charge in [-0.1, -0.05) is 48.5 Å². The Morgan fingerprint density at radius 2 is 0.885 bits per heavy atom. The molecule has 0 fully saturated rings. The molecule has 282 valence electrons. The monoisotopic (exact) mass is 734 g/mol. The predicted molar refractivity (Wildman–Crippen MR) is 184 cm³/mol. The van der Waals surface area contributed by atoms with E-state index in [2.05, 4.69) is 19.9 Å². The first-order chi connectivity index (χ1) is 24.0. The third kappa shape index (κ3) is 12.9. The number of alkyl halides is 6. The Balaban J connectivity index is 1.46. The van der Waals surface area contributed by atoms with Crippen LogP contribution in [0.25, 0.3) is 33.6 Å². The molecule has 0 aliphatic rings. The van der Waals surface area contributed by atoms with Gasteiger partial charge in [-0.25, -0.2) is 9.97 Å². The second-order valence-corrected chi connectivity index (χ2v) is 14.8. The topological polar surface area (TPSA) is 110 Å². The van der Waals surface area contributed by atoms with Gasteiger partial charge in [0.2, 0.25) is 0 Å². The SMILES string of the molecule is CC(C)(C)OC(=O)CC(CCC(F)(F)F)c1ncc(-c2ccc(-c3ccc(-c4cnc(C(CCC(F)(F)F)CC(=O)OC(C)(C)C)[nH]4)cc3)cc2)[nH]1. The van der Waals surface area contributed by atoms with Crippen molar-refractivity contribution in [3.8, 4) is 33.6 Å². The van der Waals surface area contributed by atoms with Crippen LogP contribution in [0.3, 0.4) is 0 Å². The number of carbonyl (C=O) groups is 2. The van der Waals surface area contributed by atoms with Crippen molar-refractivity contribution in [3.63, 3.8) is 0 Å². The highest BCUT2D eigenvalue weighted by molar-refractivity contribution is 5.73. The number of carbonyl (C=O) groups excluding carboxylic acids is 2. The number of ether oxygens (including phenoxy) is 2. The van der Waals surface area contributed by atoms with Crippen molar-refractivity contribution in [1.29, 1.82) is 0 Å². The number of esters is 2. The van der Waals surface area contributed by atoms with E-state index in [0.717, 1.165) is 22.3 Å². The molecule has 0 amide bonds. The lowest BCUT2D eigenvalue weighted by Gasteiger charge is -2.22. The molecule has 14 heteroatoms. The quantitative estimate of drug-likeness (QED) is 0.105. The molecule has 0 bridgehead atoms. The Bertz CT molecular complexity index is 1650. The number of H-pyrrole nitrogens is 2. The molecule has 2 heterocycles. The molecular weight excluding hydrogens is 690 g/mol. The number of imidazole rings is 2. The van der Waals surface area contributed by atoms with Gasteiger partial charge in [0, 0.05) is 24.7 Å². The Labute approximate surface area is 298 Å². The van der Waals surface area contributed by atoms with Crippen LogP contribution in [0.4, 0.5) is 26.3 Å². The molecule has 0 radical (unpaired) electrons. The lowest BCUT2D eigenvalue weighted by Crippen LogP contribution is -2.25. The van der Waals surface area contributed by atoms with Gasteiger partial charge in [0.25, 0.3) is 0 Å². The van der Waals surface area contributed by atoms with Crippen LogP contribution in [0.15, 0.2) is 60.9 Å². The fourth-order valence-corrected chi connectivity index (χ4v) is 5.58. The number of hydrogen-bond donors (Lipinski definition) is 2. The van der Waals surface area contributed by atoms with E-state index in [-0.39, 0.29) is 37.3 Å². The molecule has 2 unspecified atom stereocenters. The van der Waals surface area contributed by atoms with Crippen LogP contribution in [0.2, 0.25) is 0 Å². The van der Waals surface area contributed by atoms with E-state index in [9.17, 15) is 35.9 Å². The number of aromatic amines is 2. The van der Waals surface area contributed by atoms with E-state index < -0.39 is 60.2 Å². The van der Waals surface area contributed by atoms with Crippen LogP contribution in [0, 0.1) is 0 Å². The minimum atomic E-state index is -4.39. The van der Waals surface area contributed by atoms with Crippen LogP contribution >= 0.6 is 0 Å². The molecule has 2 aromatic carbocycles. The maximum atomic E-state index is 13.1. The molecule has 4 rings (SSSR count). The molecule has 2 N–H and O–H groups in total. The van der Waals surface area contributed by atoms with E-state index in [4.69, 9.17) is 9.47 Å². The van der Waals surface area contributed by atoms with E-state index in [1.807, 2.05) is 48.5 Å². The van der Waals surface area contributed by atoms with Crippen molar-refractivity contribution in [2.45, 2.75) is 115 Å². The van der Waals surface area contributed by atoms with Gasteiger partial charge in [-0.05, 0) is 76.6 Å². The zero-order valence-corrected chi connectivity index (χ0v) is 30.0. The second kappa shape index (κ2) is 16.0. The summed E-state index contributed by atoms with van der Waals surface area (Å²) in [6.07, 6.45) is -9.01. The van der Waals surface area contributed by atoms with Crippen molar-refractivity contribution < 1.29 is 45.4 Å². The summed E-state index contributed by atoms with van der Waals surface area (Å²) in [5, 5.41) is 0. The van der Waals surface area contributed by atoms with Crippen molar-refractivity contribution in [1.82, 2.24) is 19.9 Å². The average Bonchev–Trinajstić information content (AvgIpc) is 3.70. The van der Waals surface area contributed by atoms with E-state index >= 15 is 0 Å². The molecule has 52 heavy (non-hydrogen) atoms. The first kappa shape index (κ1) is 40.2. The highest BCUT2D eigenvalue weighted by Crippen LogP contribution is 2.34. The van der Waals surface area contributed by atoms with Crippen molar-refractivity contribution in [2.24, 2.45) is 0 Å². The summed E-state index contributed by atoms with van der Waals surface area (Å²) >= 11 is 0. The molecule has 4 aromatic rings. The highest BCUT2D eigenvalue weighted by atomic mass is 19.4. The van der Waals surface area contributed by atoms with Gasteiger partial charge in [-0.15, -0.1) is 0 Å². The van der Waals surface area contributed by atoms with Gasteiger partial charge in [0.15, 0.2) is 0 Å².